The zero-order valence-electron chi connectivity index (χ0n) is 20.5. The van der Waals surface area contributed by atoms with Gasteiger partial charge in [0.2, 0.25) is 11.8 Å². The number of nitrogens with zero attached hydrogens (tertiary/aromatic N) is 2. The first-order valence-corrected chi connectivity index (χ1v) is 12.6. The SMILES string of the molecule is CCCCCC(=O)N1CCOCCOCCN(C(=O)CCCCC)CCOCCOCC1. The first-order valence-electron chi connectivity index (χ1n) is 12.6. The molecule has 1 saturated heterocycles. The van der Waals surface area contributed by atoms with Gasteiger partial charge in [-0.15, -0.1) is 0 Å². The Labute approximate surface area is 194 Å². The molecule has 1 rings (SSSR count). The van der Waals surface area contributed by atoms with Crippen molar-refractivity contribution in [2.75, 3.05) is 79.0 Å². The molecule has 0 atom stereocenters. The summed E-state index contributed by atoms with van der Waals surface area (Å²) in [6, 6.07) is 0. The van der Waals surface area contributed by atoms with Gasteiger partial charge in [-0.1, -0.05) is 39.5 Å². The fourth-order valence-electron chi connectivity index (χ4n) is 3.43. The minimum Gasteiger partial charge on any atom is -0.377 e. The molecule has 0 aromatic heterocycles. The fourth-order valence-corrected chi connectivity index (χ4v) is 3.43. The van der Waals surface area contributed by atoms with Gasteiger partial charge in [-0.25, -0.2) is 0 Å². The van der Waals surface area contributed by atoms with Crippen LogP contribution in [0.3, 0.4) is 0 Å². The molecule has 8 nitrogen and oxygen atoms in total. The van der Waals surface area contributed by atoms with E-state index in [0.29, 0.717) is 91.9 Å². The monoisotopic (exact) mass is 458 g/mol. The van der Waals surface area contributed by atoms with Crippen LogP contribution in [0, 0.1) is 0 Å². The Bertz CT molecular complexity index is 415. The van der Waals surface area contributed by atoms with Crippen LogP contribution in [0.1, 0.15) is 65.2 Å². The average molecular weight is 459 g/mol. The average Bonchev–Trinajstić information content (AvgIpc) is 2.79. The quantitative estimate of drug-likeness (QED) is 0.521. The minimum absolute atomic E-state index is 0.163. The molecule has 0 aromatic carbocycles. The van der Waals surface area contributed by atoms with Gasteiger partial charge in [0.05, 0.1) is 52.9 Å². The highest BCUT2D eigenvalue weighted by Gasteiger charge is 2.14. The number of hydrogen-bond donors (Lipinski definition) is 0. The van der Waals surface area contributed by atoms with E-state index in [9.17, 15) is 9.59 Å². The van der Waals surface area contributed by atoms with Crippen LogP contribution in [0.2, 0.25) is 0 Å². The van der Waals surface area contributed by atoms with E-state index in [0.717, 1.165) is 38.5 Å². The molecule has 0 aliphatic carbocycles. The van der Waals surface area contributed by atoms with Crippen LogP contribution in [0.4, 0.5) is 0 Å². The van der Waals surface area contributed by atoms with Gasteiger partial charge in [-0.2, -0.15) is 0 Å². The van der Waals surface area contributed by atoms with Gasteiger partial charge in [0.1, 0.15) is 0 Å². The maximum absolute atomic E-state index is 12.5. The highest BCUT2D eigenvalue weighted by molar-refractivity contribution is 5.76. The van der Waals surface area contributed by atoms with Crippen LogP contribution in [0.15, 0.2) is 0 Å². The van der Waals surface area contributed by atoms with Crippen LogP contribution in [-0.2, 0) is 28.5 Å². The number of rotatable bonds is 8. The summed E-state index contributed by atoms with van der Waals surface area (Å²) in [4.78, 5) is 28.7. The van der Waals surface area contributed by atoms with Crippen molar-refractivity contribution in [1.82, 2.24) is 9.80 Å². The van der Waals surface area contributed by atoms with Crippen LogP contribution < -0.4 is 0 Å². The zero-order chi connectivity index (χ0) is 23.3. The molecule has 0 saturated carbocycles. The number of carbonyl (C=O) groups excluding carboxylic acids is 2. The molecule has 8 heteroatoms. The third-order valence-corrected chi connectivity index (χ3v) is 5.46. The summed E-state index contributed by atoms with van der Waals surface area (Å²) in [5, 5.41) is 0. The van der Waals surface area contributed by atoms with Crippen molar-refractivity contribution >= 4 is 11.8 Å². The molecule has 1 heterocycles. The van der Waals surface area contributed by atoms with Crippen molar-refractivity contribution in [2.24, 2.45) is 0 Å². The smallest absolute Gasteiger partial charge is 0.222 e. The van der Waals surface area contributed by atoms with Crippen molar-refractivity contribution in [2.45, 2.75) is 65.2 Å². The summed E-state index contributed by atoms with van der Waals surface area (Å²) in [5.74, 6) is 0.326. The van der Waals surface area contributed by atoms with Crippen molar-refractivity contribution < 1.29 is 28.5 Å². The van der Waals surface area contributed by atoms with Crippen molar-refractivity contribution in [3.63, 3.8) is 0 Å². The topological polar surface area (TPSA) is 77.5 Å². The second-order valence-electron chi connectivity index (χ2n) is 8.13. The summed E-state index contributed by atoms with van der Waals surface area (Å²) in [6.07, 6.45) is 7.35. The summed E-state index contributed by atoms with van der Waals surface area (Å²) in [5.41, 5.74) is 0. The van der Waals surface area contributed by atoms with Gasteiger partial charge in [0, 0.05) is 39.0 Å². The molecule has 1 aliphatic heterocycles. The molecule has 0 radical (unpaired) electrons. The van der Waals surface area contributed by atoms with E-state index in [-0.39, 0.29) is 11.8 Å². The molecule has 0 N–H and O–H groups in total. The standard InChI is InChI=1S/C24H46N2O6/c1-3-5-7-9-23(27)25-11-15-29-19-21-31-17-13-26(24(28)10-8-6-4-2)14-18-32-22-20-30-16-12-25/h3-22H2,1-2H3. The van der Waals surface area contributed by atoms with Crippen molar-refractivity contribution in [1.29, 1.82) is 0 Å². The molecule has 2 amide bonds. The Hall–Kier alpha value is -1.22. The largest absolute Gasteiger partial charge is 0.377 e. The summed E-state index contributed by atoms with van der Waals surface area (Å²) in [6.45, 7) is 10.3. The zero-order valence-corrected chi connectivity index (χ0v) is 20.5. The third-order valence-electron chi connectivity index (χ3n) is 5.46. The van der Waals surface area contributed by atoms with Gasteiger partial charge in [-0.05, 0) is 12.8 Å². The lowest BCUT2D eigenvalue weighted by atomic mass is 10.2. The lowest BCUT2D eigenvalue weighted by Gasteiger charge is -2.24. The van der Waals surface area contributed by atoms with E-state index in [1.807, 2.05) is 9.80 Å². The van der Waals surface area contributed by atoms with E-state index >= 15 is 0 Å². The molecule has 188 valence electrons. The van der Waals surface area contributed by atoms with Gasteiger partial charge >= 0.3 is 0 Å². The number of ether oxygens (including phenoxy) is 4. The number of carbonyl (C=O) groups is 2. The van der Waals surface area contributed by atoms with E-state index in [1.54, 1.807) is 0 Å². The lowest BCUT2D eigenvalue weighted by Crippen LogP contribution is -2.38. The molecular weight excluding hydrogens is 412 g/mol. The number of unbranched alkanes of at least 4 members (excludes halogenated alkanes) is 4. The van der Waals surface area contributed by atoms with Gasteiger partial charge in [-0.3, -0.25) is 9.59 Å². The molecule has 1 aliphatic rings. The maximum Gasteiger partial charge on any atom is 0.222 e. The van der Waals surface area contributed by atoms with Crippen LogP contribution in [0.25, 0.3) is 0 Å². The first-order chi connectivity index (χ1) is 15.7. The van der Waals surface area contributed by atoms with Crippen LogP contribution in [0.5, 0.6) is 0 Å². The van der Waals surface area contributed by atoms with E-state index in [1.165, 1.54) is 0 Å². The molecule has 1 fully saturated rings. The first kappa shape index (κ1) is 28.8. The van der Waals surface area contributed by atoms with Gasteiger partial charge in [0.15, 0.2) is 0 Å². The Kier molecular flexibility index (Phi) is 18.4. The lowest BCUT2D eigenvalue weighted by molar-refractivity contribution is -0.134. The second kappa shape index (κ2) is 20.4. The van der Waals surface area contributed by atoms with E-state index < -0.39 is 0 Å². The van der Waals surface area contributed by atoms with Crippen LogP contribution >= 0.6 is 0 Å². The Morgan fingerprint density at radius 3 is 1.12 bits per heavy atom. The second-order valence-corrected chi connectivity index (χ2v) is 8.13. The van der Waals surface area contributed by atoms with Crippen LogP contribution in [-0.4, -0.2) is 101 Å². The third kappa shape index (κ3) is 14.8. The summed E-state index contributed by atoms with van der Waals surface area (Å²) in [7, 11) is 0. The van der Waals surface area contributed by atoms with Crippen molar-refractivity contribution in [3.8, 4) is 0 Å². The highest BCUT2D eigenvalue weighted by atomic mass is 16.5. The normalized spacial score (nSPS) is 18.7. The Morgan fingerprint density at radius 1 is 0.531 bits per heavy atom. The van der Waals surface area contributed by atoms with Gasteiger partial charge < -0.3 is 28.7 Å². The minimum atomic E-state index is 0.163. The molecule has 0 unspecified atom stereocenters. The molecule has 0 aromatic rings. The molecular formula is C24H46N2O6. The van der Waals surface area contributed by atoms with Gasteiger partial charge in [0.25, 0.3) is 0 Å². The predicted octanol–water partition coefficient (Wildman–Crippen LogP) is 2.88. The van der Waals surface area contributed by atoms with E-state index in [4.69, 9.17) is 18.9 Å². The van der Waals surface area contributed by atoms with E-state index in [2.05, 4.69) is 13.8 Å². The maximum atomic E-state index is 12.5. The van der Waals surface area contributed by atoms with Crippen molar-refractivity contribution in [3.05, 3.63) is 0 Å². The molecule has 0 bridgehead atoms. The predicted molar refractivity (Wildman–Crippen MR) is 125 cm³/mol. The fraction of sp³-hybridized carbons (Fsp3) is 0.917. The summed E-state index contributed by atoms with van der Waals surface area (Å²) >= 11 is 0. The Balaban J connectivity index is 2.44. The number of amides is 2. The number of hydrogen-bond acceptors (Lipinski definition) is 6. The molecule has 32 heavy (non-hydrogen) atoms. The highest BCUT2D eigenvalue weighted by Crippen LogP contribution is 2.05. The Morgan fingerprint density at radius 2 is 0.844 bits per heavy atom. The molecule has 0 spiro atoms. The summed E-state index contributed by atoms with van der Waals surface area (Å²) < 4.78 is 22.7.